The van der Waals surface area contributed by atoms with E-state index in [1.54, 1.807) is 0 Å². The van der Waals surface area contributed by atoms with Gasteiger partial charge in [-0.2, -0.15) is 0 Å². The zero-order valence-corrected chi connectivity index (χ0v) is 9.50. The lowest BCUT2D eigenvalue weighted by atomic mass is 9.97. The number of nitrogens with zero attached hydrogens (tertiary/aromatic N) is 1. The van der Waals surface area contributed by atoms with Crippen LogP contribution in [0.15, 0.2) is 0 Å². The molecule has 0 bridgehead atoms. The molecule has 15 heavy (non-hydrogen) atoms. The summed E-state index contributed by atoms with van der Waals surface area (Å²) in [6, 6.07) is 0. The van der Waals surface area contributed by atoms with E-state index < -0.39 is 0 Å². The van der Waals surface area contributed by atoms with Crippen molar-refractivity contribution in [3.8, 4) is 0 Å². The van der Waals surface area contributed by atoms with E-state index in [1.165, 1.54) is 38.8 Å². The number of hydrogen-bond acceptors (Lipinski definition) is 3. The molecule has 3 rings (SSSR count). The molecule has 2 heterocycles. The molecule has 1 aliphatic carbocycles. The quantitative estimate of drug-likeness (QED) is 0.744. The van der Waals surface area contributed by atoms with Gasteiger partial charge in [0, 0.05) is 19.6 Å². The van der Waals surface area contributed by atoms with Crippen LogP contribution < -0.4 is 5.32 Å². The third-order valence-corrected chi connectivity index (χ3v) is 4.12. The Kier molecular flexibility index (Phi) is 2.71. The highest BCUT2D eigenvalue weighted by Crippen LogP contribution is 2.52. The summed E-state index contributed by atoms with van der Waals surface area (Å²) in [7, 11) is 0. The molecule has 2 saturated heterocycles. The minimum atomic E-state index is 0.530. The molecule has 0 radical (unpaired) electrons. The first kappa shape index (κ1) is 10.1. The van der Waals surface area contributed by atoms with E-state index in [9.17, 15) is 0 Å². The van der Waals surface area contributed by atoms with E-state index in [4.69, 9.17) is 4.74 Å². The molecule has 1 N–H and O–H groups in total. The van der Waals surface area contributed by atoms with Crippen molar-refractivity contribution >= 4 is 0 Å². The van der Waals surface area contributed by atoms with Gasteiger partial charge in [-0.25, -0.2) is 0 Å². The Morgan fingerprint density at radius 2 is 1.93 bits per heavy atom. The van der Waals surface area contributed by atoms with Gasteiger partial charge in [0.25, 0.3) is 0 Å². The van der Waals surface area contributed by atoms with Crippen LogP contribution in [0, 0.1) is 5.41 Å². The highest BCUT2D eigenvalue weighted by molar-refractivity contribution is 5.04. The van der Waals surface area contributed by atoms with Crippen molar-refractivity contribution in [1.82, 2.24) is 10.2 Å². The van der Waals surface area contributed by atoms with E-state index in [1.807, 2.05) is 0 Å². The second-order valence-corrected chi connectivity index (χ2v) is 5.53. The molecule has 2 aliphatic heterocycles. The number of nitrogens with one attached hydrogen (secondary N) is 1. The standard InChI is InChI=1S/C12H22N2O/c1-5-13-6-2-11(1)15-8-7-14-9-12(10-14)3-4-12/h11,13H,1-10H2. The Hall–Kier alpha value is -0.120. The van der Waals surface area contributed by atoms with Crippen molar-refractivity contribution < 1.29 is 4.74 Å². The summed E-state index contributed by atoms with van der Waals surface area (Å²) in [6.45, 7) is 7.08. The van der Waals surface area contributed by atoms with Crippen LogP contribution in [0.2, 0.25) is 0 Å². The topological polar surface area (TPSA) is 24.5 Å². The smallest absolute Gasteiger partial charge is 0.0600 e. The molecule has 3 fully saturated rings. The summed E-state index contributed by atoms with van der Waals surface area (Å²) in [6.07, 6.45) is 5.90. The fraction of sp³-hybridized carbons (Fsp3) is 1.00. The van der Waals surface area contributed by atoms with Crippen molar-refractivity contribution in [1.29, 1.82) is 0 Å². The van der Waals surface area contributed by atoms with E-state index in [0.29, 0.717) is 6.10 Å². The van der Waals surface area contributed by atoms with Crippen LogP contribution in [0.4, 0.5) is 0 Å². The van der Waals surface area contributed by atoms with Crippen LogP contribution in [0.5, 0.6) is 0 Å². The highest BCUT2D eigenvalue weighted by Gasteiger charge is 2.51. The van der Waals surface area contributed by atoms with E-state index in [-0.39, 0.29) is 0 Å². The molecular weight excluding hydrogens is 188 g/mol. The van der Waals surface area contributed by atoms with Gasteiger partial charge in [-0.05, 0) is 44.2 Å². The van der Waals surface area contributed by atoms with Gasteiger partial charge in [-0.15, -0.1) is 0 Å². The van der Waals surface area contributed by atoms with Crippen molar-refractivity contribution in [2.75, 3.05) is 39.3 Å². The van der Waals surface area contributed by atoms with Gasteiger partial charge >= 0.3 is 0 Å². The molecule has 0 unspecified atom stereocenters. The van der Waals surface area contributed by atoms with Crippen LogP contribution in [-0.2, 0) is 4.74 Å². The monoisotopic (exact) mass is 210 g/mol. The summed E-state index contributed by atoms with van der Waals surface area (Å²) in [5, 5.41) is 3.36. The Labute approximate surface area is 92.2 Å². The number of piperidine rings is 1. The van der Waals surface area contributed by atoms with Crippen molar-refractivity contribution in [2.45, 2.75) is 31.8 Å². The Balaban J connectivity index is 1.27. The number of ether oxygens (including phenoxy) is 1. The number of hydrogen-bond donors (Lipinski definition) is 1. The van der Waals surface area contributed by atoms with Crippen LogP contribution in [0.1, 0.15) is 25.7 Å². The first-order chi connectivity index (χ1) is 7.36. The van der Waals surface area contributed by atoms with Crippen molar-refractivity contribution in [3.63, 3.8) is 0 Å². The van der Waals surface area contributed by atoms with Crippen molar-refractivity contribution in [2.24, 2.45) is 5.41 Å². The van der Waals surface area contributed by atoms with Gasteiger partial charge in [-0.1, -0.05) is 0 Å². The predicted octanol–water partition coefficient (Wildman–Crippen LogP) is 0.851. The van der Waals surface area contributed by atoms with E-state index in [0.717, 1.165) is 31.7 Å². The largest absolute Gasteiger partial charge is 0.377 e. The fourth-order valence-corrected chi connectivity index (χ4v) is 2.86. The van der Waals surface area contributed by atoms with E-state index in [2.05, 4.69) is 10.2 Å². The average molecular weight is 210 g/mol. The lowest BCUT2D eigenvalue weighted by Gasteiger charge is -2.40. The maximum atomic E-state index is 5.90. The molecule has 0 atom stereocenters. The SMILES string of the molecule is C1CC(OCCN2CC3(CC3)C2)CCN1. The summed E-state index contributed by atoms with van der Waals surface area (Å²) in [5.41, 5.74) is 0.800. The fourth-order valence-electron chi connectivity index (χ4n) is 2.86. The van der Waals surface area contributed by atoms with Crippen LogP contribution in [-0.4, -0.2) is 50.3 Å². The molecule has 1 saturated carbocycles. The van der Waals surface area contributed by atoms with E-state index >= 15 is 0 Å². The second kappa shape index (κ2) is 4.04. The van der Waals surface area contributed by atoms with Gasteiger partial charge in [-0.3, -0.25) is 4.90 Å². The van der Waals surface area contributed by atoms with Gasteiger partial charge < -0.3 is 10.1 Å². The number of likely N-dealkylation sites (tertiary alicyclic amines) is 1. The Morgan fingerprint density at radius 1 is 1.20 bits per heavy atom. The summed E-state index contributed by atoms with van der Waals surface area (Å²) >= 11 is 0. The molecule has 0 amide bonds. The van der Waals surface area contributed by atoms with Gasteiger partial charge in [0.05, 0.1) is 12.7 Å². The van der Waals surface area contributed by atoms with Gasteiger partial charge in [0.2, 0.25) is 0 Å². The normalized spacial score (nSPS) is 30.4. The minimum absolute atomic E-state index is 0.530. The lowest BCUT2D eigenvalue weighted by molar-refractivity contribution is -0.00543. The zero-order chi connectivity index (χ0) is 10.1. The van der Waals surface area contributed by atoms with Crippen LogP contribution in [0.3, 0.4) is 0 Å². The zero-order valence-electron chi connectivity index (χ0n) is 9.50. The molecule has 1 spiro atoms. The minimum Gasteiger partial charge on any atom is -0.377 e. The predicted molar refractivity (Wildman–Crippen MR) is 60.0 cm³/mol. The average Bonchev–Trinajstić information content (AvgIpc) is 2.99. The molecule has 0 aromatic carbocycles. The maximum Gasteiger partial charge on any atom is 0.0600 e. The Bertz CT molecular complexity index is 214. The van der Waals surface area contributed by atoms with Crippen LogP contribution in [0.25, 0.3) is 0 Å². The Morgan fingerprint density at radius 3 is 2.60 bits per heavy atom. The summed E-state index contributed by atoms with van der Waals surface area (Å²) in [4.78, 5) is 2.55. The van der Waals surface area contributed by atoms with Crippen LogP contribution >= 0.6 is 0 Å². The molecule has 0 aromatic rings. The maximum absolute atomic E-state index is 5.90. The third-order valence-electron chi connectivity index (χ3n) is 4.12. The molecule has 3 heteroatoms. The molecule has 3 nitrogen and oxygen atoms in total. The first-order valence-electron chi connectivity index (χ1n) is 6.41. The van der Waals surface area contributed by atoms with Crippen molar-refractivity contribution in [3.05, 3.63) is 0 Å². The highest BCUT2D eigenvalue weighted by atomic mass is 16.5. The second-order valence-electron chi connectivity index (χ2n) is 5.53. The third kappa shape index (κ3) is 2.35. The summed E-state index contributed by atoms with van der Waals surface area (Å²) < 4.78 is 5.90. The van der Waals surface area contributed by atoms with Gasteiger partial charge in [0.1, 0.15) is 0 Å². The molecule has 3 aliphatic rings. The molecule has 86 valence electrons. The molecule has 0 aromatic heterocycles. The van der Waals surface area contributed by atoms with Gasteiger partial charge in [0.15, 0.2) is 0 Å². The lowest BCUT2D eigenvalue weighted by Crippen LogP contribution is -2.49. The summed E-state index contributed by atoms with van der Waals surface area (Å²) in [5.74, 6) is 0. The first-order valence-corrected chi connectivity index (χ1v) is 6.41. The number of rotatable bonds is 4. The molecular formula is C12H22N2O.